The highest BCUT2D eigenvalue weighted by Gasteiger charge is 2.43. The van der Waals surface area contributed by atoms with Gasteiger partial charge in [0.1, 0.15) is 19.4 Å². The van der Waals surface area contributed by atoms with Gasteiger partial charge >= 0.3 is 15.0 Å². The highest BCUT2D eigenvalue weighted by Crippen LogP contribution is 2.66. The Bertz CT molecular complexity index is 317. The van der Waals surface area contributed by atoms with Crippen molar-refractivity contribution in [3.63, 3.8) is 0 Å². The summed E-state index contributed by atoms with van der Waals surface area (Å²) in [6.07, 6.45) is -0.320. The van der Waals surface area contributed by atoms with Crippen molar-refractivity contribution in [2.24, 2.45) is 0 Å². The van der Waals surface area contributed by atoms with Crippen LogP contribution in [0.4, 0.5) is 0 Å². The molecular formula is C6H9O9P2-. The summed E-state index contributed by atoms with van der Waals surface area (Å²) in [7, 11) is -8.29. The van der Waals surface area contributed by atoms with E-state index >= 15 is 0 Å². The molecule has 17 heavy (non-hydrogen) atoms. The van der Waals surface area contributed by atoms with Crippen LogP contribution in [0, 0.1) is 5.92 Å². The number of carbonyl (C=O) groups excluding carboxylic acids is 1. The van der Waals surface area contributed by atoms with Gasteiger partial charge in [-0.1, -0.05) is 4.57 Å². The second kappa shape index (κ2) is 7.73. The molecule has 0 fully saturated rings. The van der Waals surface area contributed by atoms with Crippen molar-refractivity contribution in [1.29, 1.82) is 0 Å². The van der Waals surface area contributed by atoms with Gasteiger partial charge in [-0.3, -0.25) is 9.56 Å². The Morgan fingerprint density at radius 3 is 2.53 bits per heavy atom. The zero-order valence-corrected chi connectivity index (χ0v) is 10.5. The standard InChI is InChI=1S/C6H10O9P2/c1-5(4-6(7)8)2-3-13-17(12,15-14-9)16(10)11/h2-4H2,1H3,(H-,7,8,9)/p-1. The fraction of sp³-hybridized carbons (Fsp3) is 0.667. The molecule has 0 aliphatic carbocycles. The van der Waals surface area contributed by atoms with Gasteiger partial charge in [0.15, 0.2) is 0 Å². The summed E-state index contributed by atoms with van der Waals surface area (Å²) < 4.78 is 29.5. The van der Waals surface area contributed by atoms with Crippen molar-refractivity contribution < 1.29 is 43.4 Å². The third kappa shape index (κ3) is 6.70. The maximum atomic E-state index is 11.2. The van der Waals surface area contributed by atoms with E-state index in [-0.39, 0.29) is 12.8 Å². The largest absolute Gasteiger partial charge is 0.691 e. The van der Waals surface area contributed by atoms with Gasteiger partial charge in [0, 0.05) is 0 Å². The van der Waals surface area contributed by atoms with Crippen molar-refractivity contribution in [3.8, 4) is 0 Å². The van der Waals surface area contributed by atoms with Crippen LogP contribution < -0.4 is 15.3 Å². The second-order valence-corrected chi connectivity index (χ2v) is 7.21. The van der Waals surface area contributed by atoms with E-state index in [4.69, 9.17) is 0 Å². The number of carbonyl (C=O) groups is 1. The summed E-state index contributed by atoms with van der Waals surface area (Å²) in [5, 5.41) is 22.5. The number of hydrogen-bond acceptors (Lipinski definition) is 9. The van der Waals surface area contributed by atoms with Crippen LogP contribution in [-0.2, 0) is 28.2 Å². The quantitative estimate of drug-likeness (QED) is 0.215. The van der Waals surface area contributed by atoms with Gasteiger partial charge in [0.05, 0.1) is 18.8 Å². The zero-order valence-electron chi connectivity index (χ0n) is 8.69. The van der Waals surface area contributed by atoms with Crippen LogP contribution >= 0.6 is 15.0 Å². The minimum Gasteiger partial charge on any atom is -0.691 e. The fourth-order valence-corrected chi connectivity index (χ4v) is 2.17. The van der Waals surface area contributed by atoms with Crippen molar-refractivity contribution in [3.05, 3.63) is 5.92 Å². The van der Waals surface area contributed by atoms with Gasteiger partial charge < -0.3 is 20.1 Å². The lowest BCUT2D eigenvalue weighted by Crippen LogP contribution is -2.24. The lowest BCUT2D eigenvalue weighted by Gasteiger charge is -2.10. The summed E-state index contributed by atoms with van der Waals surface area (Å²) in [5.41, 5.74) is 0. The normalized spacial score (nSPS) is 15.1. The monoisotopic (exact) mass is 287 g/mol. The summed E-state index contributed by atoms with van der Waals surface area (Å²) in [6, 6.07) is 0. The molecule has 11 heteroatoms. The molecule has 2 unspecified atom stereocenters. The van der Waals surface area contributed by atoms with E-state index in [1.165, 1.54) is 6.92 Å². The first kappa shape index (κ1) is 16.5. The van der Waals surface area contributed by atoms with Gasteiger partial charge in [-0.25, -0.2) is 4.57 Å². The highest BCUT2D eigenvalue weighted by molar-refractivity contribution is 8.20. The smallest absolute Gasteiger partial charge is 0.593 e. The minimum absolute atomic E-state index is 0.0172. The molecule has 0 radical (unpaired) electrons. The van der Waals surface area contributed by atoms with E-state index in [1.807, 2.05) is 0 Å². The molecule has 0 saturated heterocycles. The molecule has 0 rings (SSSR count). The average Bonchev–Trinajstić information content (AvgIpc) is 2.16. The summed E-state index contributed by atoms with van der Waals surface area (Å²) in [6.45, 7) is 1.06. The number of hydrogen-bond donors (Lipinski definition) is 0. The first-order valence-corrected chi connectivity index (χ1v) is 7.63. The Morgan fingerprint density at radius 2 is 2.12 bits per heavy atom. The Kier molecular flexibility index (Phi) is 7.49. The third-order valence-corrected chi connectivity index (χ3v) is 4.46. The SMILES string of the molecule is C[C+](CCOP(=O)(OO[O-])[P+](=O)[O-])CC(=O)[O-]. The summed E-state index contributed by atoms with van der Waals surface area (Å²) >= 11 is 0. The molecule has 0 aliphatic heterocycles. The average molecular weight is 287 g/mol. The van der Waals surface area contributed by atoms with Gasteiger partial charge in [0.25, 0.3) is 0 Å². The van der Waals surface area contributed by atoms with Crippen LogP contribution in [0.15, 0.2) is 0 Å². The van der Waals surface area contributed by atoms with Gasteiger partial charge in [0.2, 0.25) is 0 Å². The van der Waals surface area contributed by atoms with Crippen LogP contribution in [0.25, 0.3) is 0 Å². The molecule has 0 amide bonds. The van der Waals surface area contributed by atoms with Crippen LogP contribution in [0.5, 0.6) is 0 Å². The Morgan fingerprint density at radius 1 is 1.53 bits per heavy atom. The number of carboxylic acids is 1. The minimum atomic E-state index is -4.64. The van der Waals surface area contributed by atoms with Gasteiger partial charge in [-0.2, -0.15) is 0 Å². The Labute approximate surface area is 97.5 Å². The lowest BCUT2D eigenvalue weighted by molar-refractivity contribution is -0.780. The Hall–Kier alpha value is -0.530. The number of carboxylic acid groups (broad SMARTS) is 1. The van der Waals surface area contributed by atoms with Gasteiger partial charge in [-0.05, 0) is 0 Å². The molecule has 0 spiro atoms. The van der Waals surface area contributed by atoms with E-state index in [9.17, 15) is 29.2 Å². The zero-order chi connectivity index (χ0) is 13.5. The van der Waals surface area contributed by atoms with Crippen LogP contribution in [0.2, 0.25) is 0 Å². The van der Waals surface area contributed by atoms with E-state index in [2.05, 4.69) is 14.2 Å². The van der Waals surface area contributed by atoms with Crippen molar-refractivity contribution in [1.82, 2.24) is 0 Å². The molecule has 2 atom stereocenters. The van der Waals surface area contributed by atoms with E-state index in [0.29, 0.717) is 5.92 Å². The van der Waals surface area contributed by atoms with Crippen molar-refractivity contribution >= 4 is 21.0 Å². The topological polar surface area (TPSA) is 148 Å². The molecule has 0 saturated carbocycles. The predicted molar refractivity (Wildman–Crippen MR) is 46.5 cm³/mol. The molecule has 0 heterocycles. The van der Waals surface area contributed by atoms with Crippen LogP contribution in [0.1, 0.15) is 19.8 Å². The maximum Gasteiger partial charge on any atom is 0.593 e. The Balaban J connectivity index is 4.11. The first-order valence-electron chi connectivity index (χ1n) is 4.20. The number of aliphatic carboxylic acids is 1. The summed E-state index contributed by atoms with van der Waals surface area (Å²) in [4.78, 5) is 20.6. The fourth-order valence-electron chi connectivity index (χ4n) is 0.804. The molecule has 0 aromatic heterocycles. The number of rotatable bonds is 9. The van der Waals surface area contributed by atoms with E-state index in [0.717, 1.165) is 0 Å². The third-order valence-electron chi connectivity index (χ3n) is 1.55. The first-order chi connectivity index (χ1) is 7.81. The molecule has 98 valence electrons. The molecule has 0 aromatic rings. The second-order valence-electron chi connectivity index (χ2n) is 2.94. The molecule has 0 bridgehead atoms. The van der Waals surface area contributed by atoms with Crippen molar-refractivity contribution in [2.75, 3.05) is 6.61 Å². The van der Waals surface area contributed by atoms with Crippen LogP contribution in [0.3, 0.4) is 0 Å². The lowest BCUT2D eigenvalue weighted by atomic mass is 10.1. The molecule has 0 N–H and O–H groups in total. The molecule has 9 nitrogen and oxygen atoms in total. The summed E-state index contributed by atoms with van der Waals surface area (Å²) in [5.74, 6) is -0.888. The molecule has 0 aliphatic rings. The van der Waals surface area contributed by atoms with E-state index < -0.39 is 27.6 Å². The maximum absolute atomic E-state index is 11.2. The van der Waals surface area contributed by atoms with Gasteiger partial charge in [-0.15, -0.1) is 4.67 Å². The molecule has 0 aromatic carbocycles. The highest BCUT2D eigenvalue weighted by atomic mass is 32.1. The molecular weight excluding hydrogens is 278 g/mol. The predicted octanol–water partition coefficient (Wildman–Crippen LogP) is -1.44. The van der Waals surface area contributed by atoms with Crippen LogP contribution in [-0.4, -0.2) is 12.6 Å². The van der Waals surface area contributed by atoms with E-state index in [1.54, 1.807) is 0 Å². The van der Waals surface area contributed by atoms with Crippen molar-refractivity contribution in [2.45, 2.75) is 19.8 Å².